The van der Waals surface area contributed by atoms with Crippen LogP contribution in [0.4, 0.5) is 0 Å². The molecule has 0 aliphatic carbocycles. The summed E-state index contributed by atoms with van der Waals surface area (Å²) in [6.07, 6.45) is 1.52. The lowest BCUT2D eigenvalue weighted by Crippen LogP contribution is -2.21. The van der Waals surface area contributed by atoms with Crippen LogP contribution in [0.3, 0.4) is 0 Å². The Labute approximate surface area is 163 Å². The van der Waals surface area contributed by atoms with Crippen molar-refractivity contribution in [1.29, 1.82) is 0 Å². The summed E-state index contributed by atoms with van der Waals surface area (Å²) in [5.41, 5.74) is 3.67. The van der Waals surface area contributed by atoms with Gasteiger partial charge in [0, 0.05) is 0 Å². The molecule has 0 amide bonds. The maximum Gasteiger partial charge on any atom is 0.276 e. The van der Waals surface area contributed by atoms with Crippen molar-refractivity contribution in [3.05, 3.63) is 64.7 Å². The lowest BCUT2D eigenvalue weighted by molar-refractivity contribution is 0.577. The van der Waals surface area contributed by atoms with Crippen LogP contribution in [0, 0.1) is 6.92 Å². The van der Waals surface area contributed by atoms with Crippen molar-refractivity contribution in [3.8, 4) is 0 Å². The van der Waals surface area contributed by atoms with Crippen LogP contribution < -0.4 is 4.83 Å². The second kappa shape index (κ2) is 7.47. The van der Waals surface area contributed by atoms with Crippen LogP contribution in [-0.4, -0.2) is 14.6 Å². The van der Waals surface area contributed by atoms with Crippen LogP contribution in [-0.2, 0) is 20.9 Å². The Morgan fingerprint density at radius 3 is 1.89 bits per heavy atom. The fraction of sp³-hybridized carbons (Fsp3) is 0.409. The van der Waals surface area contributed by atoms with E-state index in [0.29, 0.717) is 5.56 Å². The van der Waals surface area contributed by atoms with Gasteiger partial charge in [-0.2, -0.15) is 13.5 Å². The molecule has 0 bridgehead atoms. The van der Waals surface area contributed by atoms with Gasteiger partial charge in [0.25, 0.3) is 10.0 Å². The van der Waals surface area contributed by atoms with Gasteiger partial charge in [0.15, 0.2) is 0 Å². The molecule has 0 radical (unpaired) electrons. The third kappa shape index (κ3) is 5.42. The fourth-order valence-electron chi connectivity index (χ4n) is 2.64. The zero-order chi connectivity index (χ0) is 20.5. The number of aryl methyl sites for hydroxylation is 1. The van der Waals surface area contributed by atoms with Crippen molar-refractivity contribution in [1.82, 2.24) is 4.83 Å². The third-order valence-electron chi connectivity index (χ3n) is 4.51. The summed E-state index contributed by atoms with van der Waals surface area (Å²) in [5, 5.41) is 3.95. The van der Waals surface area contributed by atoms with Gasteiger partial charge < -0.3 is 0 Å². The maximum absolute atomic E-state index is 12.7. The molecule has 0 aliphatic heterocycles. The van der Waals surface area contributed by atoms with Gasteiger partial charge in [-0.15, -0.1) is 0 Å². The number of nitrogens with zero attached hydrogens (tertiary/aromatic N) is 1. The van der Waals surface area contributed by atoms with E-state index in [9.17, 15) is 8.42 Å². The normalized spacial score (nSPS) is 13.1. The number of benzene rings is 2. The number of hydrazone groups is 1. The quantitative estimate of drug-likeness (QED) is 0.600. The first-order valence-corrected chi connectivity index (χ1v) is 10.6. The van der Waals surface area contributed by atoms with Crippen molar-refractivity contribution >= 4 is 16.2 Å². The summed E-state index contributed by atoms with van der Waals surface area (Å²) in [6.45, 7) is 14.4. The predicted molar refractivity (Wildman–Crippen MR) is 113 cm³/mol. The lowest BCUT2D eigenvalue weighted by Gasteiger charge is -2.20. The molecule has 0 spiro atoms. The van der Waals surface area contributed by atoms with Crippen molar-refractivity contribution < 1.29 is 8.42 Å². The molecule has 146 valence electrons. The van der Waals surface area contributed by atoms with E-state index in [4.69, 9.17) is 0 Å². The second-order valence-electron chi connectivity index (χ2n) is 8.96. The van der Waals surface area contributed by atoms with Gasteiger partial charge in [0.1, 0.15) is 0 Å². The molecule has 4 nitrogen and oxygen atoms in total. The average molecular weight is 387 g/mol. The molecular formula is C22H30N2O2S. The van der Waals surface area contributed by atoms with Crippen molar-refractivity contribution in [2.24, 2.45) is 5.10 Å². The van der Waals surface area contributed by atoms with Gasteiger partial charge in [-0.3, -0.25) is 0 Å². The molecule has 5 heteroatoms. The van der Waals surface area contributed by atoms with E-state index in [-0.39, 0.29) is 15.7 Å². The lowest BCUT2D eigenvalue weighted by atomic mass is 9.87. The van der Waals surface area contributed by atoms with Crippen LogP contribution in [0.15, 0.2) is 52.5 Å². The van der Waals surface area contributed by atoms with Gasteiger partial charge in [0.2, 0.25) is 0 Å². The fourth-order valence-corrected chi connectivity index (χ4v) is 3.71. The molecule has 0 saturated heterocycles. The van der Waals surface area contributed by atoms with E-state index in [0.717, 1.165) is 11.1 Å². The smallest absolute Gasteiger partial charge is 0.200 e. The Bertz CT molecular complexity index is 930. The standard InChI is InChI=1S/C22H30N2O2S/c1-16-8-11-19(22(5,6)7)14-20(16)27(25,26)24-23-15-17-9-12-18(13-10-17)21(2,3)4/h8-15,24H,1-7H3/b23-15+. The first-order valence-electron chi connectivity index (χ1n) is 9.07. The van der Waals surface area contributed by atoms with Crippen molar-refractivity contribution in [2.45, 2.75) is 64.2 Å². The van der Waals surface area contributed by atoms with Crippen LogP contribution in [0.5, 0.6) is 0 Å². The summed E-state index contributed by atoms with van der Waals surface area (Å²) < 4.78 is 25.4. The molecule has 1 N–H and O–H groups in total. The number of hydrogen-bond acceptors (Lipinski definition) is 3. The number of sulfonamides is 1. The van der Waals surface area contributed by atoms with E-state index >= 15 is 0 Å². The van der Waals surface area contributed by atoms with Gasteiger partial charge in [-0.05, 0) is 46.1 Å². The Balaban J connectivity index is 2.21. The minimum absolute atomic E-state index is 0.0763. The molecule has 2 rings (SSSR count). The van der Waals surface area contributed by atoms with Crippen LogP contribution >= 0.6 is 0 Å². The number of hydrogen-bond donors (Lipinski definition) is 1. The van der Waals surface area contributed by atoms with E-state index in [1.807, 2.05) is 36.4 Å². The molecule has 0 aromatic heterocycles. The molecule has 0 fully saturated rings. The SMILES string of the molecule is Cc1ccc(C(C)(C)C)cc1S(=O)(=O)N/N=C/c1ccc(C(C)(C)C)cc1. The summed E-state index contributed by atoms with van der Waals surface area (Å²) >= 11 is 0. The number of rotatable bonds is 4. The summed E-state index contributed by atoms with van der Waals surface area (Å²) in [7, 11) is -3.72. The van der Waals surface area contributed by atoms with Crippen LogP contribution in [0.2, 0.25) is 0 Å². The molecule has 0 saturated carbocycles. The highest BCUT2D eigenvalue weighted by Gasteiger charge is 2.21. The Morgan fingerprint density at radius 1 is 0.852 bits per heavy atom. The zero-order valence-corrected chi connectivity index (χ0v) is 18.1. The summed E-state index contributed by atoms with van der Waals surface area (Å²) in [5.74, 6) is 0. The minimum atomic E-state index is -3.72. The van der Waals surface area contributed by atoms with Gasteiger partial charge in [-0.1, -0.05) is 77.9 Å². The predicted octanol–water partition coefficient (Wildman–Crippen LogP) is 4.90. The van der Waals surface area contributed by atoms with Crippen molar-refractivity contribution in [3.63, 3.8) is 0 Å². The van der Waals surface area contributed by atoms with E-state index < -0.39 is 10.0 Å². The Kier molecular flexibility index (Phi) is 5.85. The second-order valence-corrected chi connectivity index (χ2v) is 10.6. The Hall–Kier alpha value is -2.14. The van der Waals surface area contributed by atoms with Crippen LogP contribution in [0.1, 0.15) is 63.8 Å². The van der Waals surface area contributed by atoms with Crippen LogP contribution in [0.25, 0.3) is 0 Å². The van der Waals surface area contributed by atoms with E-state index in [2.05, 4.69) is 51.5 Å². The molecule has 2 aromatic rings. The molecule has 27 heavy (non-hydrogen) atoms. The average Bonchev–Trinajstić information content (AvgIpc) is 2.53. The molecule has 0 heterocycles. The molecular weight excluding hydrogens is 356 g/mol. The van der Waals surface area contributed by atoms with Gasteiger partial charge in [0.05, 0.1) is 11.1 Å². The highest BCUT2D eigenvalue weighted by atomic mass is 32.2. The van der Waals surface area contributed by atoms with Gasteiger partial charge in [-0.25, -0.2) is 4.83 Å². The Morgan fingerprint density at radius 2 is 1.37 bits per heavy atom. The monoisotopic (exact) mass is 386 g/mol. The molecule has 0 aliphatic rings. The highest BCUT2D eigenvalue weighted by Crippen LogP contribution is 2.26. The third-order valence-corrected chi connectivity index (χ3v) is 5.87. The first kappa shape index (κ1) is 21.2. The molecule has 0 unspecified atom stereocenters. The highest BCUT2D eigenvalue weighted by molar-refractivity contribution is 7.89. The van der Waals surface area contributed by atoms with Gasteiger partial charge >= 0.3 is 0 Å². The van der Waals surface area contributed by atoms with E-state index in [1.54, 1.807) is 13.0 Å². The summed E-state index contributed by atoms with van der Waals surface area (Å²) in [6, 6.07) is 13.5. The topological polar surface area (TPSA) is 58.5 Å². The van der Waals surface area contributed by atoms with Crippen molar-refractivity contribution in [2.75, 3.05) is 0 Å². The maximum atomic E-state index is 12.7. The largest absolute Gasteiger partial charge is 0.276 e. The molecule has 0 atom stereocenters. The number of nitrogens with one attached hydrogen (secondary N) is 1. The summed E-state index contributed by atoms with van der Waals surface area (Å²) in [4.78, 5) is 2.59. The van der Waals surface area contributed by atoms with E-state index in [1.165, 1.54) is 11.8 Å². The minimum Gasteiger partial charge on any atom is -0.200 e. The zero-order valence-electron chi connectivity index (χ0n) is 17.3. The first-order chi connectivity index (χ1) is 12.3. The molecule has 2 aromatic carbocycles.